The van der Waals surface area contributed by atoms with E-state index in [1.165, 1.54) is 177 Å². The van der Waals surface area contributed by atoms with Crippen LogP contribution in [-0.2, 0) is 33.3 Å². The standard InChI is InChI=1S/C54H76N2O4/c57-51(59-43-25-23-41-33-49-45-19-9-11-27-53(45,47(41)35-43)29-31-55(49)37-39-15-13-16-39)21-7-5-3-1-2-4-6-8-22-52(58)60-44-26-24-42-34-50-46-20-10-12-28-54(46,48(42)36-44)30-32-56(50)38-40-17-14-18-40/h23-26,35-36,39-40,45-46,49-50H,1-22,27-34,37-38H2/t45-,46-,49-,50-,53+,54+/m0/s1. The molecule has 0 N–H and O–H groups in total. The first-order valence-corrected chi connectivity index (χ1v) is 25.6. The molecule has 4 bridgehead atoms. The molecule has 0 spiro atoms. The lowest BCUT2D eigenvalue weighted by atomic mass is 9.52. The fourth-order valence-corrected chi connectivity index (χ4v) is 14.7. The summed E-state index contributed by atoms with van der Waals surface area (Å²) in [6, 6.07) is 14.7. The maximum absolute atomic E-state index is 13.0. The van der Waals surface area contributed by atoms with Crippen LogP contribution < -0.4 is 9.47 Å². The number of hydrogen-bond acceptors (Lipinski definition) is 6. The topological polar surface area (TPSA) is 59.1 Å². The van der Waals surface area contributed by atoms with E-state index in [0.717, 1.165) is 73.7 Å². The predicted molar refractivity (Wildman–Crippen MR) is 240 cm³/mol. The van der Waals surface area contributed by atoms with Crippen molar-refractivity contribution in [2.24, 2.45) is 23.7 Å². The van der Waals surface area contributed by atoms with Gasteiger partial charge in [0.15, 0.2) is 0 Å². The van der Waals surface area contributed by atoms with E-state index in [1.54, 1.807) is 0 Å². The van der Waals surface area contributed by atoms with Crippen LogP contribution in [0.15, 0.2) is 36.4 Å². The van der Waals surface area contributed by atoms with E-state index in [-0.39, 0.29) is 22.8 Å². The van der Waals surface area contributed by atoms with Gasteiger partial charge in [0.25, 0.3) is 0 Å². The van der Waals surface area contributed by atoms with Crippen molar-refractivity contribution in [3.05, 3.63) is 58.7 Å². The highest BCUT2D eigenvalue weighted by atomic mass is 16.5. The smallest absolute Gasteiger partial charge is 0.311 e. The van der Waals surface area contributed by atoms with Crippen LogP contribution >= 0.6 is 0 Å². The largest absolute Gasteiger partial charge is 0.427 e. The van der Waals surface area contributed by atoms with Gasteiger partial charge in [0.2, 0.25) is 0 Å². The van der Waals surface area contributed by atoms with E-state index in [1.807, 2.05) is 0 Å². The van der Waals surface area contributed by atoms with Crippen LogP contribution in [0.2, 0.25) is 0 Å². The number of hydrogen-bond donors (Lipinski definition) is 0. The summed E-state index contributed by atoms with van der Waals surface area (Å²) in [6.07, 6.45) is 33.8. The zero-order valence-electron chi connectivity index (χ0n) is 37.1. The van der Waals surface area contributed by atoms with E-state index >= 15 is 0 Å². The minimum absolute atomic E-state index is 0.0785. The number of ether oxygens (including phenoxy) is 2. The average Bonchev–Trinajstić information content (AvgIpc) is 3.23. The molecule has 0 amide bonds. The van der Waals surface area contributed by atoms with Crippen LogP contribution in [0, 0.1) is 23.7 Å². The third-order valence-corrected chi connectivity index (χ3v) is 18.3. The number of benzene rings is 2. The first kappa shape index (κ1) is 41.3. The van der Waals surface area contributed by atoms with E-state index in [4.69, 9.17) is 9.47 Å². The second kappa shape index (κ2) is 18.2. The zero-order valence-corrected chi connectivity index (χ0v) is 37.1. The highest BCUT2D eigenvalue weighted by Gasteiger charge is 2.55. The van der Waals surface area contributed by atoms with Gasteiger partial charge < -0.3 is 9.47 Å². The van der Waals surface area contributed by atoms with Gasteiger partial charge in [-0.15, -0.1) is 0 Å². The second-order valence-corrected chi connectivity index (χ2v) is 21.6. The third-order valence-electron chi connectivity index (χ3n) is 18.3. The number of piperidine rings is 2. The van der Waals surface area contributed by atoms with Crippen molar-refractivity contribution in [2.75, 3.05) is 26.2 Å². The molecule has 0 unspecified atom stereocenters. The fraction of sp³-hybridized carbons (Fsp3) is 0.741. The van der Waals surface area contributed by atoms with Gasteiger partial charge in [-0.25, -0.2) is 0 Å². The fourth-order valence-electron chi connectivity index (χ4n) is 14.7. The highest BCUT2D eigenvalue weighted by Crippen LogP contribution is 2.58. The number of rotatable bonds is 17. The molecule has 60 heavy (non-hydrogen) atoms. The summed E-state index contributed by atoms with van der Waals surface area (Å²) in [5, 5.41) is 0. The summed E-state index contributed by atoms with van der Waals surface area (Å²) in [5.74, 6) is 4.77. The van der Waals surface area contributed by atoms with Gasteiger partial charge in [-0.3, -0.25) is 19.4 Å². The van der Waals surface area contributed by atoms with Crippen LogP contribution in [-0.4, -0.2) is 60.0 Å². The predicted octanol–water partition coefficient (Wildman–Crippen LogP) is 11.8. The van der Waals surface area contributed by atoms with E-state index in [0.29, 0.717) is 24.9 Å². The molecule has 2 aromatic rings. The Kier molecular flexibility index (Phi) is 12.5. The molecule has 4 saturated carbocycles. The number of likely N-dealkylation sites (tertiary alicyclic amines) is 2. The Balaban J connectivity index is 0.618. The molecule has 6 aliphatic carbocycles. The molecule has 2 saturated heterocycles. The molecule has 6 atom stereocenters. The Labute approximate surface area is 362 Å². The molecule has 0 aromatic heterocycles. The molecular weight excluding hydrogens is 741 g/mol. The maximum atomic E-state index is 13.0. The summed E-state index contributed by atoms with van der Waals surface area (Å²) in [7, 11) is 0. The van der Waals surface area contributed by atoms with Crippen molar-refractivity contribution in [3.63, 3.8) is 0 Å². The SMILES string of the molecule is O=C(CCCCCCCCCCC(=O)Oc1ccc2c(c1)[C@@]13CCCC[C@H]1[C@H](C2)N(CC1CCC1)CC3)Oc1ccc2c(c1)[C@@]13CCCC[C@H]1[C@H](C2)N(CC1CCC1)CC3. The van der Waals surface area contributed by atoms with Crippen molar-refractivity contribution < 1.29 is 19.1 Å². The van der Waals surface area contributed by atoms with Crippen LogP contribution in [0.25, 0.3) is 0 Å². The molecule has 2 aromatic carbocycles. The lowest BCUT2D eigenvalue weighted by Crippen LogP contribution is -2.61. The number of carbonyl (C=O) groups is 2. The average molecular weight is 817 g/mol. The van der Waals surface area contributed by atoms with E-state index < -0.39 is 0 Å². The summed E-state index contributed by atoms with van der Waals surface area (Å²) in [5.41, 5.74) is 6.65. The molecule has 2 heterocycles. The molecule has 8 aliphatic rings. The van der Waals surface area contributed by atoms with Gasteiger partial charge in [-0.05, 0) is 173 Å². The summed E-state index contributed by atoms with van der Waals surface area (Å²) in [6.45, 7) is 5.12. The van der Waals surface area contributed by atoms with Crippen molar-refractivity contribution in [2.45, 2.75) is 203 Å². The van der Waals surface area contributed by atoms with Gasteiger partial charge in [0.1, 0.15) is 11.5 Å². The van der Waals surface area contributed by atoms with Crippen molar-refractivity contribution >= 4 is 11.9 Å². The molecule has 2 aliphatic heterocycles. The van der Waals surface area contributed by atoms with Gasteiger partial charge in [0, 0.05) is 48.8 Å². The first-order chi connectivity index (χ1) is 29.5. The van der Waals surface area contributed by atoms with Gasteiger partial charge in [-0.1, -0.05) is 89.2 Å². The van der Waals surface area contributed by atoms with Crippen molar-refractivity contribution in [3.8, 4) is 11.5 Å². The molecular formula is C54H76N2O4. The van der Waals surface area contributed by atoms with Gasteiger partial charge in [-0.2, -0.15) is 0 Å². The number of fused-ring (bicyclic) bond motifs is 2. The van der Waals surface area contributed by atoms with Crippen LogP contribution in [0.4, 0.5) is 0 Å². The molecule has 10 rings (SSSR count). The first-order valence-electron chi connectivity index (χ1n) is 25.6. The Morgan fingerprint density at radius 3 is 1.37 bits per heavy atom. The number of carbonyl (C=O) groups excluding carboxylic acids is 2. The minimum Gasteiger partial charge on any atom is -0.427 e. The Hall–Kier alpha value is -2.70. The Morgan fingerprint density at radius 2 is 0.950 bits per heavy atom. The number of esters is 2. The second-order valence-electron chi connectivity index (χ2n) is 21.6. The van der Waals surface area contributed by atoms with E-state index in [2.05, 4.69) is 46.2 Å². The molecule has 326 valence electrons. The molecule has 0 radical (unpaired) electrons. The Bertz CT molecular complexity index is 1700. The lowest BCUT2D eigenvalue weighted by molar-refractivity contribution is -0.135. The third kappa shape index (κ3) is 8.28. The van der Waals surface area contributed by atoms with Gasteiger partial charge >= 0.3 is 11.9 Å². The molecule has 6 nitrogen and oxygen atoms in total. The Morgan fingerprint density at radius 1 is 0.517 bits per heavy atom. The summed E-state index contributed by atoms with van der Waals surface area (Å²) >= 11 is 0. The van der Waals surface area contributed by atoms with Crippen LogP contribution in [0.1, 0.15) is 189 Å². The lowest BCUT2D eigenvalue weighted by Gasteiger charge is -2.59. The van der Waals surface area contributed by atoms with Crippen LogP contribution in [0.3, 0.4) is 0 Å². The van der Waals surface area contributed by atoms with Crippen molar-refractivity contribution in [1.82, 2.24) is 9.80 Å². The highest BCUT2D eigenvalue weighted by molar-refractivity contribution is 5.73. The quantitative estimate of drug-likeness (QED) is 0.0900. The van der Waals surface area contributed by atoms with Gasteiger partial charge in [0.05, 0.1) is 0 Å². The van der Waals surface area contributed by atoms with Crippen LogP contribution in [0.5, 0.6) is 11.5 Å². The molecule has 6 heteroatoms. The maximum Gasteiger partial charge on any atom is 0.311 e. The zero-order chi connectivity index (χ0) is 40.5. The summed E-state index contributed by atoms with van der Waals surface area (Å²) in [4.78, 5) is 31.7. The van der Waals surface area contributed by atoms with E-state index in [9.17, 15) is 9.59 Å². The normalized spacial score (nSPS) is 31.1. The number of unbranched alkanes of at least 4 members (excludes halogenated alkanes) is 7. The number of nitrogens with zero attached hydrogens (tertiary/aromatic N) is 2. The monoisotopic (exact) mass is 817 g/mol. The minimum atomic E-state index is -0.0785. The van der Waals surface area contributed by atoms with Crippen molar-refractivity contribution in [1.29, 1.82) is 0 Å². The molecule has 6 fully saturated rings. The summed E-state index contributed by atoms with van der Waals surface area (Å²) < 4.78 is 12.0.